The number of nitrogens with one attached hydrogen (secondary N) is 2. The van der Waals surface area contributed by atoms with Gasteiger partial charge in [0.15, 0.2) is 0 Å². The zero-order valence-corrected chi connectivity index (χ0v) is 14.1. The Morgan fingerprint density at radius 3 is 2.09 bits per heavy atom. The Kier molecular flexibility index (Phi) is 5.65. The van der Waals surface area contributed by atoms with Crippen molar-refractivity contribution < 1.29 is 9.59 Å². The van der Waals surface area contributed by atoms with Crippen molar-refractivity contribution in [3.63, 3.8) is 0 Å². The molecule has 0 aliphatic rings. The van der Waals surface area contributed by atoms with E-state index >= 15 is 0 Å². The average molecular weight is 329 g/mol. The van der Waals surface area contributed by atoms with Gasteiger partial charge in [0, 0.05) is 36.1 Å². The number of benzene rings is 2. The highest BCUT2D eigenvalue weighted by Crippen LogP contribution is 2.19. The number of thioether (sulfide) groups is 1. The molecule has 0 aromatic heterocycles. The number of carbonyl (C=O) groups excluding carboxylic acids is 2. The highest BCUT2D eigenvalue weighted by molar-refractivity contribution is 7.98. The first-order valence-electron chi connectivity index (χ1n) is 7.03. The Morgan fingerprint density at radius 2 is 1.52 bits per heavy atom. The van der Waals surface area contributed by atoms with E-state index in [1.54, 1.807) is 30.0 Å². The van der Waals surface area contributed by atoms with Crippen molar-refractivity contribution in [2.75, 3.05) is 35.9 Å². The summed E-state index contributed by atoms with van der Waals surface area (Å²) in [5, 5.41) is 5.18. The van der Waals surface area contributed by atoms with Crippen LogP contribution in [0.5, 0.6) is 0 Å². The molecular formula is C17H19N3O2S. The molecule has 0 saturated carbocycles. The molecule has 2 aromatic rings. The zero-order chi connectivity index (χ0) is 16.8. The largest absolute Gasteiger partial charge is 0.378 e. The van der Waals surface area contributed by atoms with E-state index in [-0.39, 0.29) is 0 Å². The van der Waals surface area contributed by atoms with Crippen molar-refractivity contribution in [3.8, 4) is 0 Å². The molecule has 23 heavy (non-hydrogen) atoms. The van der Waals surface area contributed by atoms with Crippen LogP contribution in [0.15, 0.2) is 53.4 Å². The standard InChI is InChI=1S/C17H19N3O2S/c1-20(2)14-9-7-12(8-10-14)18-16(21)17(22)19-13-5-4-6-15(11-13)23-3/h4-11H,1-3H3,(H,18,21)(H,19,22). The summed E-state index contributed by atoms with van der Waals surface area (Å²) in [7, 11) is 3.87. The maximum absolute atomic E-state index is 12.0. The Bertz CT molecular complexity index is 699. The number of rotatable bonds is 4. The highest BCUT2D eigenvalue weighted by Gasteiger charge is 2.14. The van der Waals surface area contributed by atoms with E-state index in [4.69, 9.17) is 0 Å². The van der Waals surface area contributed by atoms with Crippen LogP contribution in [-0.2, 0) is 9.59 Å². The van der Waals surface area contributed by atoms with Gasteiger partial charge in [-0.3, -0.25) is 9.59 Å². The predicted molar refractivity (Wildman–Crippen MR) is 96.3 cm³/mol. The van der Waals surface area contributed by atoms with Crippen LogP contribution in [0.2, 0.25) is 0 Å². The first-order chi connectivity index (χ1) is 11.0. The first kappa shape index (κ1) is 16.9. The molecule has 0 spiro atoms. The summed E-state index contributed by atoms with van der Waals surface area (Å²) >= 11 is 1.57. The molecular weight excluding hydrogens is 310 g/mol. The minimum atomic E-state index is -0.697. The van der Waals surface area contributed by atoms with Crippen LogP contribution in [0.3, 0.4) is 0 Å². The number of anilines is 3. The van der Waals surface area contributed by atoms with Crippen LogP contribution in [0, 0.1) is 0 Å². The Hall–Kier alpha value is -2.47. The average Bonchev–Trinajstić information content (AvgIpc) is 2.55. The quantitative estimate of drug-likeness (QED) is 0.668. The molecule has 2 N–H and O–H groups in total. The Labute approximate surface area is 140 Å². The van der Waals surface area contributed by atoms with Gasteiger partial charge in [-0.05, 0) is 48.7 Å². The maximum Gasteiger partial charge on any atom is 0.314 e. The second-order valence-electron chi connectivity index (χ2n) is 5.08. The van der Waals surface area contributed by atoms with Crippen LogP contribution in [0.25, 0.3) is 0 Å². The van der Waals surface area contributed by atoms with Gasteiger partial charge in [-0.15, -0.1) is 11.8 Å². The van der Waals surface area contributed by atoms with E-state index in [2.05, 4.69) is 10.6 Å². The molecule has 0 aliphatic heterocycles. The van der Waals surface area contributed by atoms with Gasteiger partial charge < -0.3 is 15.5 Å². The van der Waals surface area contributed by atoms with Gasteiger partial charge in [0.2, 0.25) is 0 Å². The van der Waals surface area contributed by atoms with Gasteiger partial charge in [0.1, 0.15) is 0 Å². The molecule has 0 fully saturated rings. The number of carbonyl (C=O) groups is 2. The molecule has 0 radical (unpaired) electrons. The summed E-state index contributed by atoms with van der Waals surface area (Å²) in [6.45, 7) is 0. The number of hydrogen-bond acceptors (Lipinski definition) is 4. The molecule has 0 atom stereocenters. The molecule has 0 aliphatic carbocycles. The third kappa shape index (κ3) is 4.75. The third-order valence-corrected chi connectivity index (χ3v) is 3.90. The van der Waals surface area contributed by atoms with Gasteiger partial charge in [-0.1, -0.05) is 6.07 Å². The van der Waals surface area contributed by atoms with Gasteiger partial charge in [0.25, 0.3) is 0 Å². The predicted octanol–water partition coefficient (Wildman–Crippen LogP) is 3.05. The lowest BCUT2D eigenvalue weighted by molar-refractivity contribution is -0.132. The van der Waals surface area contributed by atoms with Gasteiger partial charge in [0.05, 0.1) is 0 Å². The molecule has 0 unspecified atom stereocenters. The van der Waals surface area contributed by atoms with Crippen LogP contribution in [0.4, 0.5) is 17.1 Å². The molecule has 2 amide bonds. The summed E-state index contributed by atoms with van der Waals surface area (Å²) in [5.74, 6) is -1.39. The number of hydrogen-bond donors (Lipinski definition) is 2. The van der Waals surface area contributed by atoms with E-state index in [0.717, 1.165) is 10.6 Å². The molecule has 0 bridgehead atoms. The molecule has 5 nitrogen and oxygen atoms in total. The minimum absolute atomic E-state index is 0.577. The van der Waals surface area contributed by atoms with Crippen molar-refractivity contribution >= 4 is 40.6 Å². The van der Waals surface area contributed by atoms with Crippen LogP contribution in [-0.4, -0.2) is 32.2 Å². The van der Waals surface area contributed by atoms with E-state index in [9.17, 15) is 9.59 Å². The summed E-state index contributed by atoms with van der Waals surface area (Å²) in [5.41, 5.74) is 2.19. The summed E-state index contributed by atoms with van der Waals surface area (Å²) < 4.78 is 0. The molecule has 6 heteroatoms. The summed E-state index contributed by atoms with van der Waals surface area (Å²) in [4.78, 5) is 26.9. The fourth-order valence-electron chi connectivity index (χ4n) is 1.92. The molecule has 2 rings (SSSR count). The van der Waals surface area contributed by atoms with Crippen molar-refractivity contribution in [2.45, 2.75) is 4.90 Å². The molecule has 2 aromatic carbocycles. The molecule has 120 valence electrons. The van der Waals surface area contributed by atoms with E-state index < -0.39 is 11.8 Å². The van der Waals surface area contributed by atoms with Gasteiger partial charge in [-0.2, -0.15) is 0 Å². The lowest BCUT2D eigenvalue weighted by atomic mass is 10.2. The van der Waals surface area contributed by atoms with Gasteiger partial charge >= 0.3 is 11.8 Å². The monoisotopic (exact) mass is 329 g/mol. The third-order valence-electron chi connectivity index (χ3n) is 3.18. The maximum atomic E-state index is 12.0. The molecule has 0 saturated heterocycles. The summed E-state index contributed by atoms with van der Waals surface area (Å²) in [6, 6.07) is 14.6. The fourth-order valence-corrected chi connectivity index (χ4v) is 2.38. The van der Waals surface area contributed by atoms with Crippen molar-refractivity contribution in [1.82, 2.24) is 0 Å². The zero-order valence-electron chi connectivity index (χ0n) is 13.3. The first-order valence-corrected chi connectivity index (χ1v) is 8.26. The smallest absolute Gasteiger partial charge is 0.314 e. The second kappa shape index (κ2) is 7.69. The highest BCUT2D eigenvalue weighted by atomic mass is 32.2. The van der Waals surface area contributed by atoms with E-state index in [0.29, 0.717) is 11.4 Å². The Balaban J connectivity index is 1.98. The fraction of sp³-hybridized carbons (Fsp3) is 0.176. The molecule has 0 heterocycles. The van der Waals surface area contributed by atoms with Crippen molar-refractivity contribution in [2.24, 2.45) is 0 Å². The SMILES string of the molecule is CSc1cccc(NC(=O)C(=O)Nc2ccc(N(C)C)cc2)c1. The lowest BCUT2D eigenvalue weighted by Crippen LogP contribution is -2.29. The van der Waals surface area contributed by atoms with Crippen LogP contribution >= 0.6 is 11.8 Å². The number of amides is 2. The second-order valence-corrected chi connectivity index (χ2v) is 5.96. The van der Waals surface area contributed by atoms with Crippen LogP contribution < -0.4 is 15.5 Å². The van der Waals surface area contributed by atoms with Gasteiger partial charge in [-0.25, -0.2) is 0 Å². The summed E-state index contributed by atoms with van der Waals surface area (Å²) in [6.07, 6.45) is 1.95. The van der Waals surface area contributed by atoms with Crippen LogP contribution in [0.1, 0.15) is 0 Å². The lowest BCUT2D eigenvalue weighted by Gasteiger charge is -2.13. The number of nitrogens with zero attached hydrogens (tertiary/aromatic N) is 1. The van der Waals surface area contributed by atoms with Crippen molar-refractivity contribution in [3.05, 3.63) is 48.5 Å². The normalized spacial score (nSPS) is 10.0. The topological polar surface area (TPSA) is 61.4 Å². The van der Waals surface area contributed by atoms with E-state index in [1.807, 2.05) is 55.6 Å². The van der Waals surface area contributed by atoms with Crippen molar-refractivity contribution in [1.29, 1.82) is 0 Å². The Morgan fingerprint density at radius 1 is 0.913 bits per heavy atom. The minimum Gasteiger partial charge on any atom is -0.378 e. The van der Waals surface area contributed by atoms with E-state index in [1.165, 1.54) is 0 Å².